The van der Waals surface area contributed by atoms with E-state index in [1.54, 1.807) is 0 Å². The molecular formula is C24H38N2O2. The molecule has 4 heteroatoms. The normalized spacial score (nSPS) is 19.3. The second-order valence-electron chi connectivity index (χ2n) is 7.82. The summed E-state index contributed by atoms with van der Waals surface area (Å²) in [5.74, 6) is 0.129. The topological polar surface area (TPSA) is 41.6 Å². The van der Waals surface area contributed by atoms with Crippen LogP contribution in [0.2, 0.25) is 0 Å². The van der Waals surface area contributed by atoms with E-state index in [2.05, 4.69) is 11.9 Å². The van der Waals surface area contributed by atoms with E-state index in [4.69, 9.17) is 4.74 Å². The van der Waals surface area contributed by atoms with E-state index >= 15 is 0 Å². The minimum Gasteiger partial charge on any atom is -0.378 e. The molecule has 1 aliphatic carbocycles. The van der Waals surface area contributed by atoms with Crippen LogP contribution in [0.25, 0.3) is 0 Å². The molecule has 1 aromatic carbocycles. The second kappa shape index (κ2) is 13.5. The van der Waals surface area contributed by atoms with Crippen LogP contribution in [0.4, 0.5) is 0 Å². The number of unbranched alkanes of at least 4 members (excludes halogenated alkanes) is 3. The summed E-state index contributed by atoms with van der Waals surface area (Å²) in [4.78, 5) is 14.5. The lowest BCUT2D eigenvalue weighted by atomic mass is 9.91. The van der Waals surface area contributed by atoms with Gasteiger partial charge in [0, 0.05) is 25.3 Å². The fraction of sp³-hybridized carbons (Fsp3) is 0.625. The molecule has 0 saturated heterocycles. The summed E-state index contributed by atoms with van der Waals surface area (Å²) in [6, 6.07) is 9.91. The van der Waals surface area contributed by atoms with Crippen LogP contribution in [-0.2, 0) is 4.74 Å². The van der Waals surface area contributed by atoms with Crippen molar-refractivity contribution in [2.75, 3.05) is 26.7 Å². The maximum Gasteiger partial charge on any atom is 0.253 e. The number of hydrogen-bond acceptors (Lipinski definition) is 3. The predicted molar refractivity (Wildman–Crippen MR) is 117 cm³/mol. The number of rotatable bonds is 13. The SMILES string of the molecule is C=CCCNCCCCCCOC1CCC(N(C)C(=O)c2ccccc2)CC1. The Bertz CT molecular complexity index is 553. The maximum absolute atomic E-state index is 12.6. The zero-order valence-electron chi connectivity index (χ0n) is 17.6. The standard InChI is InChI=1S/C24H38N2O2/c1-3-4-18-25-19-10-5-6-11-20-28-23-16-14-22(15-17-23)26(2)24(27)21-12-8-7-9-13-21/h3,7-9,12-13,22-23,25H,1,4-6,10-11,14-20H2,2H3. The van der Waals surface area contributed by atoms with Crippen molar-refractivity contribution in [3.8, 4) is 0 Å². The van der Waals surface area contributed by atoms with Gasteiger partial charge in [0.25, 0.3) is 5.91 Å². The summed E-state index contributed by atoms with van der Waals surface area (Å²) in [5, 5.41) is 3.43. The molecule has 0 heterocycles. The molecule has 1 aliphatic rings. The lowest BCUT2D eigenvalue weighted by Crippen LogP contribution is -2.40. The first-order chi connectivity index (χ1) is 13.7. The van der Waals surface area contributed by atoms with Crippen molar-refractivity contribution in [2.24, 2.45) is 0 Å². The highest BCUT2D eigenvalue weighted by molar-refractivity contribution is 5.94. The monoisotopic (exact) mass is 386 g/mol. The molecule has 2 rings (SSSR count). The van der Waals surface area contributed by atoms with Gasteiger partial charge in [-0.25, -0.2) is 0 Å². The van der Waals surface area contributed by atoms with Crippen molar-refractivity contribution in [3.63, 3.8) is 0 Å². The first-order valence-electron chi connectivity index (χ1n) is 11.0. The maximum atomic E-state index is 12.6. The third kappa shape index (κ3) is 8.15. The average Bonchev–Trinajstić information content (AvgIpc) is 2.75. The van der Waals surface area contributed by atoms with E-state index in [-0.39, 0.29) is 5.91 Å². The zero-order valence-corrected chi connectivity index (χ0v) is 17.6. The van der Waals surface area contributed by atoms with Crippen LogP contribution in [0.3, 0.4) is 0 Å². The number of amides is 1. The molecule has 0 aliphatic heterocycles. The quantitative estimate of drug-likeness (QED) is 0.391. The van der Waals surface area contributed by atoms with Crippen LogP contribution in [0.15, 0.2) is 43.0 Å². The second-order valence-corrected chi connectivity index (χ2v) is 7.82. The van der Waals surface area contributed by atoms with Gasteiger partial charge in [0.15, 0.2) is 0 Å². The van der Waals surface area contributed by atoms with E-state index in [1.165, 1.54) is 19.3 Å². The van der Waals surface area contributed by atoms with Gasteiger partial charge in [0.05, 0.1) is 6.10 Å². The molecule has 0 radical (unpaired) electrons. The molecule has 28 heavy (non-hydrogen) atoms. The van der Waals surface area contributed by atoms with Crippen molar-refractivity contribution in [1.29, 1.82) is 0 Å². The molecule has 1 amide bonds. The van der Waals surface area contributed by atoms with Crippen molar-refractivity contribution >= 4 is 5.91 Å². The summed E-state index contributed by atoms with van der Waals surface area (Å²) in [5.41, 5.74) is 0.777. The van der Waals surface area contributed by atoms with E-state index in [1.807, 2.05) is 48.4 Å². The molecule has 0 bridgehead atoms. The van der Waals surface area contributed by atoms with Gasteiger partial charge in [0.1, 0.15) is 0 Å². The Morgan fingerprint density at radius 2 is 1.82 bits per heavy atom. The largest absolute Gasteiger partial charge is 0.378 e. The van der Waals surface area contributed by atoms with Crippen molar-refractivity contribution < 1.29 is 9.53 Å². The molecule has 1 saturated carbocycles. The molecule has 1 aromatic rings. The number of nitrogens with zero attached hydrogens (tertiary/aromatic N) is 1. The Hall–Kier alpha value is -1.65. The molecule has 0 spiro atoms. The average molecular weight is 387 g/mol. The van der Waals surface area contributed by atoms with Gasteiger partial charge in [0.2, 0.25) is 0 Å². The molecular weight excluding hydrogens is 348 g/mol. The minimum atomic E-state index is 0.129. The molecule has 0 aromatic heterocycles. The van der Waals surface area contributed by atoms with Crippen LogP contribution in [-0.4, -0.2) is 49.7 Å². The van der Waals surface area contributed by atoms with Crippen molar-refractivity contribution in [2.45, 2.75) is 69.9 Å². The van der Waals surface area contributed by atoms with E-state index in [0.29, 0.717) is 12.1 Å². The Morgan fingerprint density at radius 1 is 1.11 bits per heavy atom. The number of carbonyl (C=O) groups excluding carboxylic acids is 1. The Balaban J connectivity index is 1.51. The molecule has 0 unspecified atom stereocenters. The molecule has 0 atom stereocenters. The van der Waals surface area contributed by atoms with Crippen LogP contribution in [0.5, 0.6) is 0 Å². The van der Waals surface area contributed by atoms with Crippen LogP contribution < -0.4 is 5.32 Å². The number of hydrogen-bond donors (Lipinski definition) is 1. The first kappa shape index (κ1) is 22.6. The number of nitrogens with one attached hydrogen (secondary N) is 1. The highest BCUT2D eigenvalue weighted by Gasteiger charge is 2.27. The van der Waals surface area contributed by atoms with Gasteiger partial charge in [-0.15, -0.1) is 6.58 Å². The summed E-state index contributed by atoms with van der Waals surface area (Å²) in [6.07, 6.45) is 12.5. The summed E-state index contributed by atoms with van der Waals surface area (Å²) in [6.45, 7) is 6.75. The Labute approximate surface area is 171 Å². The van der Waals surface area contributed by atoms with Crippen molar-refractivity contribution in [3.05, 3.63) is 48.6 Å². The lowest BCUT2D eigenvalue weighted by molar-refractivity contribution is 0.00911. The third-order valence-corrected chi connectivity index (χ3v) is 5.66. The third-order valence-electron chi connectivity index (χ3n) is 5.66. The fourth-order valence-corrected chi connectivity index (χ4v) is 3.83. The van der Waals surface area contributed by atoms with E-state index in [9.17, 15) is 4.79 Å². The number of ether oxygens (including phenoxy) is 1. The van der Waals surface area contributed by atoms with Gasteiger partial charge in [-0.1, -0.05) is 37.1 Å². The minimum absolute atomic E-state index is 0.129. The summed E-state index contributed by atoms with van der Waals surface area (Å²) in [7, 11) is 1.94. The van der Waals surface area contributed by atoms with Gasteiger partial charge in [-0.2, -0.15) is 0 Å². The van der Waals surface area contributed by atoms with Crippen LogP contribution >= 0.6 is 0 Å². The smallest absolute Gasteiger partial charge is 0.253 e. The van der Waals surface area contributed by atoms with E-state index in [0.717, 1.165) is 63.8 Å². The fourth-order valence-electron chi connectivity index (χ4n) is 3.83. The lowest BCUT2D eigenvalue weighted by Gasteiger charge is -2.34. The van der Waals surface area contributed by atoms with Gasteiger partial charge in [-0.3, -0.25) is 4.79 Å². The molecule has 1 fully saturated rings. The Kier molecular flexibility index (Phi) is 10.9. The predicted octanol–water partition coefficient (Wildman–Crippen LogP) is 4.81. The van der Waals surface area contributed by atoms with Gasteiger partial charge < -0.3 is 15.0 Å². The summed E-state index contributed by atoms with van der Waals surface area (Å²) >= 11 is 0. The Morgan fingerprint density at radius 3 is 2.54 bits per heavy atom. The number of carbonyl (C=O) groups is 1. The highest BCUT2D eigenvalue weighted by atomic mass is 16.5. The van der Waals surface area contributed by atoms with Gasteiger partial charge >= 0.3 is 0 Å². The highest BCUT2D eigenvalue weighted by Crippen LogP contribution is 2.25. The van der Waals surface area contributed by atoms with Crippen molar-refractivity contribution in [1.82, 2.24) is 10.2 Å². The molecule has 156 valence electrons. The van der Waals surface area contributed by atoms with Gasteiger partial charge in [-0.05, 0) is 70.2 Å². The number of benzene rings is 1. The van der Waals surface area contributed by atoms with Crippen LogP contribution in [0, 0.1) is 0 Å². The molecule has 1 N–H and O–H groups in total. The van der Waals surface area contributed by atoms with E-state index < -0.39 is 0 Å². The first-order valence-corrected chi connectivity index (χ1v) is 11.0. The molecule has 4 nitrogen and oxygen atoms in total. The zero-order chi connectivity index (χ0) is 20.0. The van der Waals surface area contributed by atoms with Crippen LogP contribution in [0.1, 0.15) is 68.1 Å². The summed E-state index contributed by atoms with van der Waals surface area (Å²) < 4.78 is 6.09.